The van der Waals surface area contributed by atoms with E-state index >= 15 is 0 Å². The number of para-hydroxylation sites is 2. The van der Waals surface area contributed by atoms with Crippen LogP contribution in [0.3, 0.4) is 0 Å². The lowest BCUT2D eigenvalue weighted by Crippen LogP contribution is -2.40. The van der Waals surface area contributed by atoms with Gasteiger partial charge < -0.3 is 14.8 Å². The lowest BCUT2D eigenvalue weighted by atomic mass is 10.1. The van der Waals surface area contributed by atoms with Crippen LogP contribution < -0.4 is 14.8 Å². The molecule has 2 aromatic carbocycles. The molecule has 1 aromatic heterocycles. The number of nitrogens with zero attached hydrogens (tertiary/aromatic N) is 1. The number of carbonyl (C=O) groups excluding carboxylic acids is 1. The lowest BCUT2D eigenvalue weighted by molar-refractivity contribution is -0.125. The Kier molecular flexibility index (Phi) is 3.54. The van der Waals surface area contributed by atoms with Gasteiger partial charge in [0, 0.05) is 11.6 Å². The molecule has 1 aliphatic rings. The van der Waals surface area contributed by atoms with Gasteiger partial charge in [-0.3, -0.25) is 9.78 Å². The highest BCUT2D eigenvalue weighted by atomic mass is 16.6. The van der Waals surface area contributed by atoms with Gasteiger partial charge in [0.2, 0.25) is 6.10 Å². The Morgan fingerprint density at radius 2 is 1.96 bits per heavy atom. The molecule has 1 amide bonds. The zero-order valence-electron chi connectivity index (χ0n) is 13.2. The second-order valence-corrected chi connectivity index (χ2v) is 5.68. The fraction of sp³-hybridized carbons (Fsp3) is 0.158. The van der Waals surface area contributed by atoms with Crippen molar-refractivity contribution in [1.82, 2.24) is 4.98 Å². The third kappa shape index (κ3) is 2.54. The van der Waals surface area contributed by atoms with E-state index in [-0.39, 0.29) is 12.5 Å². The van der Waals surface area contributed by atoms with E-state index in [0.717, 1.165) is 22.2 Å². The molecule has 5 nitrogen and oxygen atoms in total. The number of rotatable bonds is 2. The number of aryl methyl sites for hydroxylation is 1. The van der Waals surface area contributed by atoms with Gasteiger partial charge in [0.15, 0.2) is 11.5 Å². The maximum Gasteiger partial charge on any atom is 0.269 e. The highest BCUT2D eigenvalue weighted by Crippen LogP contribution is 2.31. The van der Waals surface area contributed by atoms with Gasteiger partial charge in [-0.2, -0.15) is 0 Å². The van der Waals surface area contributed by atoms with Crippen molar-refractivity contribution in [2.75, 3.05) is 11.9 Å². The highest BCUT2D eigenvalue weighted by Gasteiger charge is 2.27. The van der Waals surface area contributed by atoms with Crippen molar-refractivity contribution in [3.63, 3.8) is 0 Å². The molecule has 1 aliphatic heterocycles. The number of hydrogen-bond acceptors (Lipinski definition) is 4. The van der Waals surface area contributed by atoms with Gasteiger partial charge in [-0.15, -0.1) is 0 Å². The van der Waals surface area contributed by atoms with E-state index in [9.17, 15) is 4.79 Å². The third-order valence-electron chi connectivity index (χ3n) is 4.03. The Balaban J connectivity index is 1.58. The van der Waals surface area contributed by atoms with Crippen LogP contribution in [-0.4, -0.2) is 23.6 Å². The molecular formula is C19H16N2O3. The number of aromatic nitrogens is 1. The number of anilines is 1. The molecule has 0 saturated heterocycles. The summed E-state index contributed by atoms with van der Waals surface area (Å²) in [7, 11) is 0. The van der Waals surface area contributed by atoms with Crippen molar-refractivity contribution in [3.8, 4) is 11.5 Å². The molecule has 0 spiro atoms. The Labute approximate surface area is 139 Å². The Bertz CT molecular complexity index is 923. The van der Waals surface area contributed by atoms with Crippen LogP contribution in [-0.2, 0) is 4.79 Å². The minimum absolute atomic E-state index is 0.185. The zero-order valence-corrected chi connectivity index (χ0v) is 13.2. The Morgan fingerprint density at radius 1 is 1.12 bits per heavy atom. The molecule has 0 aliphatic carbocycles. The summed E-state index contributed by atoms with van der Waals surface area (Å²) >= 11 is 0. The number of nitrogens with one attached hydrogen (secondary N) is 1. The molecule has 1 atom stereocenters. The summed E-state index contributed by atoms with van der Waals surface area (Å²) in [6, 6.07) is 15.0. The number of amides is 1. The van der Waals surface area contributed by atoms with Crippen molar-refractivity contribution in [2.45, 2.75) is 13.0 Å². The van der Waals surface area contributed by atoms with Crippen LogP contribution in [0.25, 0.3) is 10.9 Å². The maximum absolute atomic E-state index is 12.6. The molecular weight excluding hydrogens is 304 g/mol. The van der Waals surface area contributed by atoms with Crippen LogP contribution in [0.2, 0.25) is 0 Å². The monoisotopic (exact) mass is 320 g/mol. The first-order chi connectivity index (χ1) is 11.7. The van der Waals surface area contributed by atoms with Crippen LogP contribution in [0.15, 0.2) is 54.7 Å². The minimum Gasteiger partial charge on any atom is -0.485 e. The average Bonchev–Trinajstić information content (AvgIpc) is 2.64. The minimum atomic E-state index is -0.687. The van der Waals surface area contributed by atoms with Crippen molar-refractivity contribution >= 4 is 22.5 Å². The summed E-state index contributed by atoms with van der Waals surface area (Å²) in [6.45, 7) is 2.18. The fourth-order valence-electron chi connectivity index (χ4n) is 2.78. The van der Waals surface area contributed by atoms with E-state index < -0.39 is 6.10 Å². The standard InChI is InChI=1S/C19H16N2O3/c1-12-8-9-14(13-5-4-10-20-18(12)13)21-19(22)17-11-23-15-6-2-3-7-16(15)24-17/h2-10,17H,11H2,1H3,(H,21,22)/t17-/m0/s1. The molecule has 4 rings (SSSR count). The molecule has 2 heterocycles. The number of carbonyl (C=O) groups is 1. The summed E-state index contributed by atoms with van der Waals surface area (Å²) < 4.78 is 11.4. The van der Waals surface area contributed by atoms with E-state index in [4.69, 9.17) is 9.47 Å². The second kappa shape index (κ2) is 5.85. The molecule has 1 N–H and O–H groups in total. The first-order valence-electron chi connectivity index (χ1n) is 7.76. The number of fused-ring (bicyclic) bond motifs is 2. The summed E-state index contributed by atoms with van der Waals surface area (Å²) in [5, 5.41) is 3.83. The van der Waals surface area contributed by atoms with Crippen molar-refractivity contribution in [3.05, 3.63) is 60.3 Å². The number of ether oxygens (including phenoxy) is 2. The largest absolute Gasteiger partial charge is 0.485 e. The highest BCUT2D eigenvalue weighted by molar-refractivity contribution is 6.03. The molecule has 5 heteroatoms. The molecule has 0 bridgehead atoms. The summed E-state index contributed by atoms with van der Waals surface area (Å²) in [5.74, 6) is 1.00. The van der Waals surface area contributed by atoms with Gasteiger partial charge in [0.25, 0.3) is 5.91 Å². The van der Waals surface area contributed by atoms with E-state index in [2.05, 4.69) is 10.3 Å². The van der Waals surface area contributed by atoms with E-state index in [1.165, 1.54) is 0 Å². The number of hydrogen-bond donors (Lipinski definition) is 1. The van der Waals surface area contributed by atoms with E-state index in [1.807, 2.05) is 49.4 Å². The zero-order chi connectivity index (χ0) is 16.5. The first kappa shape index (κ1) is 14.5. The predicted molar refractivity (Wildman–Crippen MR) is 91.5 cm³/mol. The topological polar surface area (TPSA) is 60.5 Å². The molecule has 0 radical (unpaired) electrons. The Hall–Kier alpha value is -3.08. The lowest BCUT2D eigenvalue weighted by Gasteiger charge is -2.25. The maximum atomic E-state index is 12.6. The predicted octanol–water partition coefficient (Wildman–Crippen LogP) is 3.32. The molecule has 24 heavy (non-hydrogen) atoms. The van der Waals surface area contributed by atoms with Gasteiger partial charge >= 0.3 is 0 Å². The normalized spacial score (nSPS) is 16.0. The quantitative estimate of drug-likeness (QED) is 0.787. The molecule has 0 unspecified atom stereocenters. The van der Waals surface area contributed by atoms with Crippen LogP contribution in [0, 0.1) is 6.92 Å². The van der Waals surface area contributed by atoms with Gasteiger partial charge in [-0.05, 0) is 42.8 Å². The van der Waals surface area contributed by atoms with E-state index in [0.29, 0.717) is 11.5 Å². The van der Waals surface area contributed by atoms with Gasteiger partial charge in [0.1, 0.15) is 6.61 Å². The number of pyridine rings is 1. The van der Waals surface area contributed by atoms with Gasteiger partial charge in [0.05, 0.1) is 11.2 Å². The average molecular weight is 320 g/mol. The number of benzene rings is 2. The van der Waals surface area contributed by atoms with Gasteiger partial charge in [-0.25, -0.2) is 0 Å². The SMILES string of the molecule is Cc1ccc(NC(=O)[C@@H]2COc3ccccc3O2)c2cccnc12. The molecule has 0 fully saturated rings. The van der Waals surface area contributed by atoms with Crippen LogP contribution in [0.4, 0.5) is 5.69 Å². The molecule has 3 aromatic rings. The Morgan fingerprint density at radius 3 is 2.83 bits per heavy atom. The van der Waals surface area contributed by atoms with Crippen molar-refractivity contribution in [2.24, 2.45) is 0 Å². The second-order valence-electron chi connectivity index (χ2n) is 5.68. The molecule has 0 saturated carbocycles. The summed E-state index contributed by atoms with van der Waals surface area (Å²) in [4.78, 5) is 17.0. The summed E-state index contributed by atoms with van der Waals surface area (Å²) in [6.07, 6.45) is 1.06. The van der Waals surface area contributed by atoms with Gasteiger partial charge in [-0.1, -0.05) is 18.2 Å². The van der Waals surface area contributed by atoms with Crippen LogP contribution >= 0.6 is 0 Å². The smallest absolute Gasteiger partial charge is 0.269 e. The molecule has 120 valence electrons. The fourth-order valence-corrected chi connectivity index (χ4v) is 2.78. The summed E-state index contributed by atoms with van der Waals surface area (Å²) in [5.41, 5.74) is 2.66. The third-order valence-corrected chi connectivity index (χ3v) is 4.03. The van der Waals surface area contributed by atoms with Crippen molar-refractivity contribution in [1.29, 1.82) is 0 Å². The van der Waals surface area contributed by atoms with E-state index in [1.54, 1.807) is 12.3 Å². The first-order valence-corrected chi connectivity index (χ1v) is 7.76. The van der Waals surface area contributed by atoms with Crippen LogP contribution in [0.5, 0.6) is 11.5 Å². The van der Waals surface area contributed by atoms with Crippen LogP contribution in [0.1, 0.15) is 5.56 Å². The van der Waals surface area contributed by atoms with Crippen molar-refractivity contribution < 1.29 is 14.3 Å².